The van der Waals surface area contributed by atoms with E-state index in [0.717, 1.165) is 11.8 Å². The van der Waals surface area contributed by atoms with Gasteiger partial charge in [0.2, 0.25) is 0 Å². The zero-order chi connectivity index (χ0) is 11.5. The van der Waals surface area contributed by atoms with Crippen molar-refractivity contribution in [3.05, 3.63) is 15.6 Å². The second-order valence-electron chi connectivity index (χ2n) is 4.27. The van der Waals surface area contributed by atoms with Gasteiger partial charge in [0.1, 0.15) is 0 Å². The summed E-state index contributed by atoms with van der Waals surface area (Å²) in [5.74, 6) is 0. The molecule has 0 aromatic carbocycles. The van der Waals surface area contributed by atoms with Crippen LogP contribution in [-0.2, 0) is 6.42 Å². The summed E-state index contributed by atoms with van der Waals surface area (Å²) in [7, 11) is 0. The third kappa shape index (κ3) is 3.04. The van der Waals surface area contributed by atoms with Crippen molar-refractivity contribution in [1.82, 2.24) is 4.98 Å². The maximum atomic E-state index is 4.64. The van der Waals surface area contributed by atoms with Crippen LogP contribution in [0.5, 0.6) is 0 Å². The molecule has 86 valence electrons. The van der Waals surface area contributed by atoms with Gasteiger partial charge in [0.15, 0.2) is 0 Å². The van der Waals surface area contributed by atoms with Crippen LogP contribution in [-0.4, -0.2) is 10.3 Å². The quantitative estimate of drug-likeness (QED) is 0.727. The van der Waals surface area contributed by atoms with Crippen LogP contribution >= 0.6 is 27.3 Å². The van der Waals surface area contributed by atoms with Crippen LogP contribution in [0, 0.1) is 19.3 Å². The fourth-order valence-electron chi connectivity index (χ4n) is 1.67. The first-order valence-corrected chi connectivity index (χ1v) is 7.49. The molecule has 0 aliphatic heterocycles. The van der Waals surface area contributed by atoms with Crippen LogP contribution in [0.2, 0.25) is 0 Å². The molecule has 0 bridgehead atoms. The van der Waals surface area contributed by atoms with Gasteiger partial charge in [0, 0.05) is 16.6 Å². The summed E-state index contributed by atoms with van der Waals surface area (Å²) >= 11 is 5.51. The Morgan fingerprint density at radius 2 is 1.87 bits per heavy atom. The molecule has 1 aromatic rings. The fourth-order valence-corrected chi connectivity index (χ4v) is 3.77. The van der Waals surface area contributed by atoms with E-state index in [0.29, 0.717) is 5.41 Å². The summed E-state index contributed by atoms with van der Waals surface area (Å²) in [5, 5.41) is 2.37. The van der Waals surface area contributed by atoms with Crippen molar-refractivity contribution >= 4 is 27.3 Å². The summed E-state index contributed by atoms with van der Waals surface area (Å²) in [6.07, 6.45) is 3.55. The average Bonchev–Trinajstić information content (AvgIpc) is 2.55. The van der Waals surface area contributed by atoms with E-state index in [-0.39, 0.29) is 0 Å². The minimum Gasteiger partial charge on any atom is -0.246 e. The molecule has 1 rings (SSSR count). The zero-order valence-corrected chi connectivity index (χ0v) is 12.5. The minimum atomic E-state index is 0.400. The molecule has 0 atom stereocenters. The number of hydrogen-bond acceptors (Lipinski definition) is 2. The highest BCUT2D eigenvalue weighted by molar-refractivity contribution is 9.09. The second kappa shape index (κ2) is 5.44. The lowest BCUT2D eigenvalue weighted by atomic mass is 9.82. The average molecular weight is 290 g/mol. The van der Waals surface area contributed by atoms with Crippen LogP contribution in [0.25, 0.3) is 0 Å². The molecule has 0 spiro atoms. The summed E-state index contributed by atoms with van der Waals surface area (Å²) in [4.78, 5) is 6.00. The maximum absolute atomic E-state index is 4.64. The Kier molecular flexibility index (Phi) is 4.78. The molecular weight excluding hydrogens is 270 g/mol. The molecule has 0 amide bonds. The molecule has 1 nitrogen and oxygen atoms in total. The van der Waals surface area contributed by atoms with Crippen molar-refractivity contribution in [2.24, 2.45) is 5.41 Å². The Bertz CT molecular complexity index is 288. The van der Waals surface area contributed by atoms with Gasteiger partial charge in [-0.3, -0.25) is 0 Å². The lowest BCUT2D eigenvalue weighted by molar-refractivity contribution is 0.306. The Labute approximate surface area is 105 Å². The molecular formula is C12H20BrNS. The Hall–Kier alpha value is 0.110. The first kappa shape index (κ1) is 13.2. The topological polar surface area (TPSA) is 12.9 Å². The molecule has 15 heavy (non-hydrogen) atoms. The lowest BCUT2D eigenvalue weighted by Gasteiger charge is -2.28. The number of rotatable bonds is 5. The third-order valence-electron chi connectivity index (χ3n) is 3.38. The molecule has 0 aliphatic rings. The first-order chi connectivity index (χ1) is 7.06. The number of thiazole rings is 1. The zero-order valence-electron chi connectivity index (χ0n) is 10.1. The van der Waals surface area contributed by atoms with Crippen molar-refractivity contribution in [2.75, 3.05) is 5.33 Å². The van der Waals surface area contributed by atoms with E-state index >= 15 is 0 Å². The van der Waals surface area contributed by atoms with Crippen LogP contribution in [0.4, 0.5) is 0 Å². The molecule has 0 saturated carbocycles. The van der Waals surface area contributed by atoms with Gasteiger partial charge in [-0.25, -0.2) is 4.98 Å². The van der Waals surface area contributed by atoms with Crippen LogP contribution in [0.3, 0.4) is 0 Å². The Morgan fingerprint density at radius 1 is 1.27 bits per heavy atom. The van der Waals surface area contributed by atoms with E-state index in [9.17, 15) is 0 Å². The third-order valence-corrected chi connectivity index (χ3v) is 5.64. The van der Waals surface area contributed by atoms with Crippen molar-refractivity contribution < 1.29 is 0 Å². The van der Waals surface area contributed by atoms with E-state index in [2.05, 4.69) is 48.6 Å². The van der Waals surface area contributed by atoms with Gasteiger partial charge in [-0.05, 0) is 32.1 Å². The predicted octanol–water partition coefficient (Wildman–Crippen LogP) is 4.50. The van der Waals surface area contributed by atoms with Crippen LogP contribution in [0.15, 0.2) is 0 Å². The van der Waals surface area contributed by atoms with Gasteiger partial charge in [0.05, 0.1) is 10.7 Å². The van der Waals surface area contributed by atoms with Crippen LogP contribution in [0.1, 0.15) is 42.3 Å². The minimum absolute atomic E-state index is 0.400. The smallest absolute Gasteiger partial charge is 0.0936 e. The molecule has 1 aromatic heterocycles. The number of aromatic nitrogens is 1. The van der Waals surface area contributed by atoms with Crippen molar-refractivity contribution in [2.45, 2.75) is 47.0 Å². The fraction of sp³-hybridized carbons (Fsp3) is 0.750. The number of hydrogen-bond donors (Lipinski definition) is 0. The van der Waals surface area contributed by atoms with Gasteiger partial charge in [-0.2, -0.15) is 0 Å². The summed E-state index contributed by atoms with van der Waals surface area (Å²) in [6.45, 7) is 8.81. The molecule has 0 aliphatic carbocycles. The highest BCUT2D eigenvalue weighted by Gasteiger charge is 2.26. The highest BCUT2D eigenvalue weighted by Crippen LogP contribution is 2.34. The molecule has 0 unspecified atom stereocenters. The standard InChI is InChI=1S/C12H20BrNS/c1-5-12(6-2,8-13)7-11-14-9(3)10(4)15-11/h5-8H2,1-4H3. The number of halogens is 1. The van der Waals surface area contributed by atoms with Crippen molar-refractivity contribution in [3.8, 4) is 0 Å². The lowest BCUT2D eigenvalue weighted by Crippen LogP contribution is -2.23. The highest BCUT2D eigenvalue weighted by atomic mass is 79.9. The van der Waals surface area contributed by atoms with Gasteiger partial charge in [0.25, 0.3) is 0 Å². The molecule has 0 saturated heterocycles. The normalized spacial score (nSPS) is 12.1. The van der Waals surface area contributed by atoms with Gasteiger partial charge >= 0.3 is 0 Å². The SMILES string of the molecule is CCC(CC)(CBr)Cc1nc(C)c(C)s1. The Morgan fingerprint density at radius 3 is 2.20 bits per heavy atom. The second-order valence-corrected chi connectivity index (χ2v) is 6.12. The van der Waals surface area contributed by atoms with E-state index in [4.69, 9.17) is 0 Å². The maximum Gasteiger partial charge on any atom is 0.0936 e. The molecule has 1 heterocycles. The van der Waals surface area contributed by atoms with E-state index in [1.54, 1.807) is 0 Å². The number of alkyl halides is 1. The largest absolute Gasteiger partial charge is 0.246 e. The first-order valence-electron chi connectivity index (χ1n) is 5.55. The van der Waals surface area contributed by atoms with Gasteiger partial charge < -0.3 is 0 Å². The van der Waals surface area contributed by atoms with Crippen molar-refractivity contribution in [3.63, 3.8) is 0 Å². The molecule has 0 fully saturated rings. The summed E-state index contributed by atoms with van der Waals surface area (Å²) < 4.78 is 0. The number of aryl methyl sites for hydroxylation is 2. The molecule has 0 radical (unpaired) electrons. The van der Waals surface area contributed by atoms with E-state index in [1.807, 2.05) is 11.3 Å². The summed E-state index contributed by atoms with van der Waals surface area (Å²) in [6, 6.07) is 0. The monoisotopic (exact) mass is 289 g/mol. The van der Waals surface area contributed by atoms with Crippen molar-refractivity contribution in [1.29, 1.82) is 0 Å². The van der Waals surface area contributed by atoms with Crippen LogP contribution < -0.4 is 0 Å². The molecule has 0 N–H and O–H groups in total. The van der Waals surface area contributed by atoms with E-state index < -0.39 is 0 Å². The van der Waals surface area contributed by atoms with Gasteiger partial charge in [-0.1, -0.05) is 29.8 Å². The van der Waals surface area contributed by atoms with Gasteiger partial charge in [-0.15, -0.1) is 11.3 Å². The summed E-state index contributed by atoms with van der Waals surface area (Å²) in [5.41, 5.74) is 1.60. The number of nitrogens with zero attached hydrogens (tertiary/aromatic N) is 1. The predicted molar refractivity (Wildman–Crippen MR) is 72.1 cm³/mol. The van der Waals surface area contributed by atoms with E-state index in [1.165, 1.54) is 28.4 Å². The molecule has 3 heteroatoms. The Balaban J connectivity index is 2.82.